The van der Waals surface area contributed by atoms with Crippen molar-refractivity contribution in [3.8, 4) is 11.4 Å². The van der Waals surface area contributed by atoms with Crippen LogP contribution in [0.5, 0.6) is 5.75 Å². The number of hydrogen-bond donors (Lipinski definition) is 1. The smallest absolute Gasteiger partial charge is 0.282 e. The highest BCUT2D eigenvalue weighted by Crippen LogP contribution is 2.36. The number of nitrogens with one attached hydrogen (secondary N) is 1. The van der Waals surface area contributed by atoms with Crippen LogP contribution in [-0.2, 0) is 9.59 Å². The summed E-state index contributed by atoms with van der Waals surface area (Å²) < 4.78 is 21.3. The summed E-state index contributed by atoms with van der Waals surface area (Å²) in [6.07, 6.45) is 0. The van der Waals surface area contributed by atoms with Crippen LogP contribution < -0.4 is 15.2 Å². The maximum atomic E-state index is 14.8. The van der Waals surface area contributed by atoms with E-state index in [4.69, 9.17) is 4.74 Å². The van der Waals surface area contributed by atoms with Gasteiger partial charge in [0.25, 0.3) is 17.4 Å². The van der Waals surface area contributed by atoms with Gasteiger partial charge in [0.1, 0.15) is 17.3 Å². The number of methoxy groups -OCH3 is 1. The summed E-state index contributed by atoms with van der Waals surface area (Å²) in [7, 11) is 1.55. The zero-order valence-corrected chi connectivity index (χ0v) is 21.0. The van der Waals surface area contributed by atoms with Crippen LogP contribution in [0, 0.1) is 12.7 Å². The second kappa shape index (κ2) is 9.70. The number of carbonyl (C=O) groups is 2. The number of aromatic amines is 1. The SMILES string of the molecule is CCN1CCN(C2=C(c3c(C)[nH]n(-c4ccc(OC)cc4)c3=O)C(=O)N(c3ccccc3F)C2=O)CC1. The number of para-hydroxylation sites is 1. The number of aryl methyl sites for hydroxylation is 1. The first-order valence-corrected chi connectivity index (χ1v) is 12.2. The molecule has 0 aliphatic carbocycles. The largest absolute Gasteiger partial charge is 0.497 e. The fraction of sp³-hybridized carbons (Fsp3) is 0.296. The number of carbonyl (C=O) groups excluding carboxylic acids is 2. The number of nitrogens with zero attached hydrogens (tertiary/aromatic N) is 4. The van der Waals surface area contributed by atoms with E-state index < -0.39 is 23.2 Å². The molecular formula is C27H28FN5O4. The molecule has 0 radical (unpaired) electrons. The highest BCUT2D eigenvalue weighted by Gasteiger charge is 2.45. The van der Waals surface area contributed by atoms with Crippen molar-refractivity contribution in [2.45, 2.75) is 13.8 Å². The van der Waals surface area contributed by atoms with Crippen molar-refractivity contribution in [3.63, 3.8) is 0 Å². The van der Waals surface area contributed by atoms with Crippen molar-refractivity contribution in [2.24, 2.45) is 0 Å². The van der Waals surface area contributed by atoms with Gasteiger partial charge < -0.3 is 14.5 Å². The van der Waals surface area contributed by atoms with Crippen molar-refractivity contribution in [3.05, 3.63) is 81.7 Å². The molecule has 37 heavy (non-hydrogen) atoms. The molecule has 1 aromatic heterocycles. The molecule has 3 heterocycles. The van der Waals surface area contributed by atoms with Gasteiger partial charge in [-0.25, -0.2) is 14.0 Å². The highest BCUT2D eigenvalue weighted by atomic mass is 19.1. The minimum atomic E-state index is -0.718. The van der Waals surface area contributed by atoms with Crippen molar-refractivity contribution in [1.29, 1.82) is 0 Å². The van der Waals surface area contributed by atoms with E-state index in [0.29, 0.717) is 43.3 Å². The molecule has 1 N–H and O–H groups in total. The highest BCUT2D eigenvalue weighted by molar-refractivity contribution is 6.45. The van der Waals surface area contributed by atoms with E-state index in [0.717, 1.165) is 11.4 Å². The Kier molecular flexibility index (Phi) is 6.43. The van der Waals surface area contributed by atoms with Gasteiger partial charge in [-0.05, 0) is 49.9 Å². The number of anilines is 1. The summed E-state index contributed by atoms with van der Waals surface area (Å²) >= 11 is 0. The standard InChI is InChI=1S/C27H28FN5O4/c1-4-30-13-15-31(16-14-30)24-23(25(34)32(27(24)36)21-8-6-5-7-20(21)28)22-17(2)29-33(26(22)35)18-9-11-19(37-3)12-10-18/h5-12,29H,4,13-16H2,1-3H3. The Labute approximate surface area is 213 Å². The molecule has 1 saturated heterocycles. The van der Waals surface area contributed by atoms with Crippen molar-refractivity contribution < 1.29 is 18.7 Å². The lowest BCUT2D eigenvalue weighted by Crippen LogP contribution is -2.47. The summed E-state index contributed by atoms with van der Waals surface area (Å²) in [4.78, 5) is 46.2. The molecule has 2 amide bonds. The number of H-pyrrole nitrogens is 1. The van der Waals surface area contributed by atoms with Crippen molar-refractivity contribution >= 4 is 23.1 Å². The van der Waals surface area contributed by atoms with E-state index in [1.54, 1.807) is 44.4 Å². The van der Waals surface area contributed by atoms with E-state index >= 15 is 0 Å². The maximum Gasteiger partial charge on any atom is 0.282 e. The average molecular weight is 506 g/mol. The van der Waals surface area contributed by atoms with E-state index in [9.17, 15) is 18.8 Å². The molecule has 0 unspecified atom stereocenters. The Morgan fingerprint density at radius 3 is 2.24 bits per heavy atom. The second-order valence-electron chi connectivity index (χ2n) is 8.99. The third-order valence-electron chi connectivity index (χ3n) is 6.94. The minimum Gasteiger partial charge on any atom is -0.497 e. The van der Waals surface area contributed by atoms with Gasteiger partial charge in [0.15, 0.2) is 0 Å². The number of imide groups is 1. The normalized spacial score (nSPS) is 16.8. The number of aromatic nitrogens is 2. The van der Waals surface area contributed by atoms with E-state index in [1.165, 1.54) is 22.9 Å². The molecule has 192 valence electrons. The first kappa shape index (κ1) is 24.5. The van der Waals surface area contributed by atoms with Gasteiger partial charge >= 0.3 is 0 Å². The molecule has 3 aromatic rings. The Morgan fingerprint density at radius 2 is 1.62 bits per heavy atom. The minimum absolute atomic E-state index is 0.00999. The van der Waals surface area contributed by atoms with E-state index in [1.807, 2.05) is 4.90 Å². The number of rotatable bonds is 6. The Balaban J connectivity index is 1.65. The topological polar surface area (TPSA) is 90.9 Å². The zero-order valence-electron chi connectivity index (χ0n) is 21.0. The van der Waals surface area contributed by atoms with Gasteiger partial charge in [0, 0.05) is 31.9 Å². The number of benzene rings is 2. The zero-order chi connectivity index (χ0) is 26.3. The molecule has 0 atom stereocenters. The van der Waals surface area contributed by atoms with Gasteiger partial charge in [0.05, 0.1) is 29.6 Å². The molecule has 0 spiro atoms. The third kappa shape index (κ3) is 4.13. The van der Waals surface area contributed by atoms with E-state index in [-0.39, 0.29) is 22.5 Å². The Morgan fingerprint density at radius 1 is 0.946 bits per heavy atom. The molecule has 1 fully saturated rings. The fourth-order valence-corrected chi connectivity index (χ4v) is 4.93. The van der Waals surface area contributed by atoms with Crippen LogP contribution in [0.15, 0.2) is 59.0 Å². The summed E-state index contributed by atoms with van der Waals surface area (Å²) in [5, 5.41) is 3.03. The average Bonchev–Trinajstić information content (AvgIpc) is 3.34. The fourth-order valence-electron chi connectivity index (χ4n) is 4.93. The van der Waals surface area contributed by atoms with Gasteiger partial charge in [0.2, 0.25) is 0 Å². The van der Waals surface area contributed by atoms with Gasteiger partial charge in [-0.15, -0.1) is 0 Å². The first-order valence-electron chi connectivity index (χ1n) is 12.2. The number of amides is 2. The molecule has 2 aliphatic heterocycles. The lowest BCUT2D eigenvalue weighted by Gasteiger charge is -2.35. The lowest BCUT2D eigenvalue weighted by atomic mass is 10.0. The molecule has 0 saturated carbocycles. The van der Waals surface area contributed by atoms with E-state index in [2.05, 4.69) is 16.9 Å². The second-order valence-corrected chi connectivity index (χ2v) is 8.99. The summed E-state index contributed by atoms with van der Waals surface area (Å²) in [6, 6.07) is 12.5. The summed E-state index contributed by atoms with van der Waals surface area (Å²) in [6.45, 7) is 7.04. The van der Waals surface area contributed by atoms with Crippen LogP contribution in [0.3, 0.4) is 0 Å². The number of ether oxygens (including phenoxy) is 1. The molecule has 10 heteroatoms. The molecule has 9 nitrogen and oxygen atoms in total. The Hall–Kier alpha value is -4.18. The number of hydrogen-bond acceptors (Lipinski definition) is 6. The van der Waals surface area contributed by atoms with Gasteiger partial charge in [-0.3, -0.25) is 19.5 Å². The molecule has 5 rings (SSSR count). The van der Waals surface area contributed by atoms with Crippen LogP contribution in [0.2, 0.25) is 0 Å². The number of halogens is 1. The van der Waals surface area contributed by atoms with Gasteiger partial charge in [-0.1, -0.05) is 19.1 Å². The molecule has 0 bridgehead atoms. The Bertz CT molecular complexity index is 1450. The predicted octanol–water partition coefficient (Wildman–Crippen LogP) is 2.54. The molecule has 2 aliphatic rings. The summed E-state index contributed by atoms with van der Waals surface area (Å²) in [5.41, 5.74) is 0.577. The quantitative estimate of drug-likeness (QED) is 0.518. The van der Waals surface area contributed by atoms with Crippen LogP contribution in [0.25, 0.3) is 11.3 Å². The van der Waals surface area contributed by atoms with Crippen molar-refractivity contribution in [2.75, 3.05) is 44.7 Å². The number of likely N-dealkylation sites (N-methyl/N-ethyl adjacent to an activating group) is 1. The van der Waals surface area contributed by atoms with Crippen LogP contribution in [0.4, 0.5) is 10.1 Å². The first-order chi connectivity index (χ1) is 17.8. The lowest BCUT2D eigenvalue weighted by molar-refractivity contribution is -0.120. The number of piperazine rings is 1. The monoisotopic (exact) mass is 505 g/mol. The van der Waals surface area contributed by atoms with Crippen LogP contribution in [0.1, 0.15) is 18.2 Å². The van der Waals surface area contributed by atoms with Crippen molar-refractivity contribution in [1.82, 2.24) is 19.6 Å². The maximum absolute atomic E-state index is 14.8. The third-order valence-corrected chi connectivity index (χ3v) is 6.94. The molecular weight excluding hydrogens is 477 g/mol. The van der Waals surface area contributed by atoms with Gasteiger partial charge in [-0.2, -0.15) is 0 Å². The van der Waals surface area contributed by atoms with Crippen LogP contribution in [-0.4, -0.2) is 71.2 Å². The summed E-state index contributed by atoms with van der Waals surface area (Å²) in [5.74, 6) is -1.41. The van der Waals surface area contributed by atoms with Crippen LogP contribution >= 0.6 is 0 Å². The molecule has 2 aromatic carbocycles. The predicted molar refractivity (Wildman–Crippen MR) is 137 cm³/mol.